The van der Waals surface area contributed by atoms with Crippen LogP contribution < -0.4 is 19.1 Å². The summed E-state index contributed by atoms with van der Waals surface area (Å²) < 4.78 is 31.7. The number of rotatable bonds is 6. The summed E-state index contributed by atoms with van der Waals surface area (Å²) in [5, 5.41) is 0. The predicted octanol–water partition coefficient (Wildman–Crippen LogP) is 6.48. The normalized spacial score (nSPS) is 20.6. The van der Waals surface area contributed by atoms with Crippen LogP contribution in [0.15, 0.2) is 84.9 Å². The van der Waals surface area contributed by atoms with Crippen molar-refractivity contribution in [3.05, 3.63) is 124 Å². The molecule has 0 radical (unpaired) electrons. The largest absolute Gasteiger partial charge is 0.493 e. The van der Waals surface area contributed by atoms with Crippen LogP contribution in [0.3, 0.4) is 0 Å². The summed E-state index contributed by atoms with van der Waals surface area (Å²) in [6.45, 7) is 1.93. The number of ether oxygens (including phenoxy) is 3. The molecule has 1 fully saturated rings. The van der Waals surface area contributed by atoms with Gasteiger partial charge in [-0.2, -0.15) is 0 Å². The van der Waals surface area contributed by atoms with Gasteiger partial charge in [-0.05, 0) is 31.2 Å². The van der Waals surface area contributed by atoms with Crippen LogP contribution in [-0.2, 0) is 0 Å². The van der Waals surface area contributed by atoms with Crippen LogP contribution in [0, 0.1) is 18.2 Å². The van der Waals surface area contributed by atoms with Gasteiger partial charge in [-0.3, -0.25) is 14.4 Å². The third-order valence-electron chi connectivity index (χ3n) is 9.44. The predicted molar refractivity (Wildman–Crippen MR) is 167 cm³/mol. The van der Waals surface area contributed by atoms with E-state index in [1.54, 1.807) is 66.7 Å². The van der Waals surface area contributed by atoms with Gasteiger partial charge in [-0.25, -0.2) is 4.39 Å². The van der Waals surface area contributed by atoms with E-state index in [1.165, 1.54) is 33.5 Å². The Labute approximate surface area is 259 Å². The molecule has 3 aliphatic rings. The molecule has 45 heavy (non-hydrogen) atoms. The zero-order valence-electron chi connectivity index (χ0n) is 25.2. The molecule has 2 aliphatic heterocycles. The van der Waals surface area contributed by atoms with E-state index in [0.717, 1.165) is 5.56 Å². The zero-order valence-corrected chi connectivity index (χ0v) is 25.2. The van der Waals surface area contributed by atoms with Crippen molar-refractivity contribution in [1.29, 1.82) is 0 Å². The first-order valence-electron chi connectivity index (χ1n) is 14.6. The minimum absolute atomic E-state index is 0.252. The lowest BCUT2D eigenvalue weighted by Crippen LogP contribution is -2.48. The average molecular weight is 604 g/mol. The van der Waals surface area contributed by atoms with Gasteiger partial charge in [-0.1, -0.05) is 72.3 Å². The fourth-order valence-corrected chi connectivity index (χ4v) is 7.55. The van der Waals surface area contributed by atoms with E-state index in [0.29, 0.717) is 39.3 Å². The van der Waals surface area contributed by atoms with Gasteiger partial charge in [0.2, 0.25) is 5.75 Å². The van der Waals surface area contributed by atoms with Gasteiger partial charge in [0.25, 0.3) is 0 Å². The number of nitrogens with zero attached hydrogens (tertiary/aromatic N) is 1. The summed E-state index contributed by atoms with van der Waals surface area (Å²) in [4.78, 5) is 46.6. The molecule has 7 nitrogen and oxygen atoms in total. The fourth-order valence-electron chi connectivity index (χ4n) is 7.55. The first kappa shape index (κ1) is 28.5. The number of fused-ring (bicyclic) bond motifs is 5. The summed E-state index contributed by atoms with van der Waals surface area (Å²) in [5.74, 6) is -1.62. The Morgan fingerprint density at radius 1 is 0.822 bits per heavy atom. The van der Waals surface area contributed by atoms with Crippen LogP contribution in [0.4, 0.5) is 10.1 Å². The van der Waals surface area contributed by atoms with Gasteiger partial charge in [-0.15, -0.1) is 0 Å². The van der Waals surface area contributed by atoms with Crippen molar-refractivity contribution in [2.75, 3.05) is 26.2 Å². The van der Waals surface area contributed by atoms with Gasteiger partial charge >= 0.3 is 0 Å². The molecular formula is C37H30FNO6. The van der Waals surface area contributed by atoms with Gasteiger partial charge in [0.15, 0.2) is 28.8 Å². The topological polar surface area (TPSA) is 82.1 Å². The summed E-state index contributed by atoms with van der Waals surface area (Å²) in [6, 6.07) is 19.8. The van der Waals surface area contributed by atoms with Crippen LogP contribution in [0.2, 0.25) is 0 Å². The maximum Gasteiger partial charge on any atom is 0.203 e. The average Bonchev–Trinajstić information content (AvgIpc) is 3.49. The van der Waals surface area contributed by atoms with Crippen molar-refractivity contribution in [3.8, 4) is 17.2 Å². The molecule has 0 amide bonds. The SMILES string of the molecule is COc1ccc([C@H]2[C@H](C(=O)c3ccc(C)cc3)N3c4ccc(F)cc4C=C[C@H]3C23C(=O)c2ccccc2C3=O)c(OC)c1OC. The molecule has 7 rings (SSSR count). The second-order valence-corrected chi connectivity index (χ2v) is 11.6. The van der Waals surface area contributed by atoms with E-state index in [1.807, 2.05) is 24.0 Å². The Kier molecular flexibility index (Phi) is 6.62. The lowest BCUT2D eigenvalue weighted by Gasteiger charge is -2.37. The molecule has 4 aromatic rings. The number of ketones is 3. The van der Waals surface area contributed by atoms with Crippen LogP contribution in [-0.4, -0.2) is 50.8 Å². The van der Waals surface area contributed by atoms with E-state index >= 15 is 0 Å². The maximum absolute atomic E-state index is 14.9. The van der Waals surface area contributed by atoms with Gasteiger partial charge in [0, 0.05) is 39.4 Å². The number of aryl methyl sites for hydroxylation is 1. The molecule has 1 spiro atoms. The maximum atomic E-state index is 14.9. The number of hydrogen-bond donors (Lipinski definition) is 0. The molecule has 0 bridgehead atoms. The van der Waals surface area contributed by atoms with E-state index in [-0.39, 0.29) is 28.8 Å². The number of Topliss-reactive ketones (excluding diaryl/α,β-unsaturated/α-hetero) is 3. The lowest BCUT2D eigenvalue weighted by molar-refractivity contribution is 0.0664. The van der Waals surface area contributed by atoms with Gasteiger partial charge in [0.1, 0.15) is 17.3 Å². The molecular weight excluding hydrogens is 573 g/mol. The zero-order chi connectivity index (χ0) is 31.6. The minimum Gasteiger partial charge on any atom is -0.493 e. The van der Waals surface area contributed by atoms with Crippen LogP contribution in [0.5, 0.6) is 17.2 Å². The van der Waals surface area contributed by atoms with Crippen molar-refractivity contribution in [2.45, 2.75) is 24.9 Å². The Balaban J connectivity index is 1.59. The summed E-state index contributed by atoms with van der Waals surface area (Å²) in [6.07, 6.45) is 3.48. The van der Waals surface area contributed by atoms with Crippen molar-refractivity contribution in [3.63, 3.8) is 0 Å². The third-order valence-corrected chi connectivity index (χ3v) is 9.44. The number of anilines is 1. The molecule has 8 heteroatoms. The Morgan fingerprint density at radius 2 is 1.49 bits per heavy atom. The van der Waals surface area contributed by atoms with Crippen molar-refractivity contribution in [2.24, 2.45) is 5.41 Å². The summed E-state index contributed by atoms with van der Waals surface area (Å²) in [7, 11) is 4.44. The quantitative estimate of drug-likeness (QED) is 0.184. The second-order valence-electron chi connectivity index (χ2n) is 11.6. The molecule has 1 aliphatic carbocycles. The number of methoxy groups -OCH3 is 3. The lowest BCUT2D eigenvalue weighted by atomic mass is 9.64. The smallest absolute Gasteiger partial charge is 0.203 e. The number of halogens is 1. The standard InChI is InChI=1S/C37H30FNO6/c1-20-9-11-21(12-10-20)32(40)31-30(26-15-17-28(43-2)34(45-4)33(26)44-3)37(35(41)24-7-5-6-8-25(24)36(37)42)29-18-13-22-19-23(38)14-16-27(22)39(29)31/h5-19,29-31H,1-4H3/t29-,30-,31+/m0/s1. The van der Waals surface area contributed by atoms with E-state index in [2.05, 4.69) is 0 Å². The third kappa shape index (κ3) is 3.84. The van der Waals surface area contributed by atoms with Crippen molar-refractivity contribution >= 4 is 29.1 Å². The highest BCUT2D eigenvalue weighted by Gasteiger charge is 2.72. The molecule has 1 saturated heterocycles. The molecule has 0 saturated carbocycles. The highest BCUT2D eigenvalue weighted by Crippen LogP contribution is 2.63. The highest BCUT2D eigenvalue weighted by molar-refractivity contribution is 6.32. The molecule has 226 valence electrons. The van der Waals surface area contributed by atoms with E-state index in [9.17, 15) is 18.8 Å². The monoisotopic (exact) mass is 603 g/mol. The highest BCUT2D eigenvalue weighted by atomic mass is 19.1. The van der Waals surface area contributed by atoms with Crippen molar-refractivity contribution < 1.29 is 33.0 Å². The van der Waals surface area contributed by atoms with Crippen LogP contribution >= 0.6 is 0 Å². The molecule has 3 atom stereocenters. The molecule has 0 N–H and O–H groups in total. The number of carbonyl (C=O) groups is 3. The van der Waals surface area contributed by atoms with E-state index in [4.69, 9.17) is 14.2 Å². The van der Waals surface area contributed by atoms with Gasteiger partial charge in [0.05, 0.1) is 27.4 Å². The number of benzene rings is 4. The first-order valence-corrected chi connectivity index (χ1v) is 14.6. The van der Waals surface area contributed by atoms with Crippen molar-refractivity contribution in [1.82, 2.24) is 0 Å². The van der Waals surface area contributed by atoms with E-state index < -0.39 is 29.2 Å². The number of carbonyl (C=O) groups excluding carboxylic acids is 3. The second kappa shape index (κ2) is 10.4. The van der Waals surface area contributed by atoms with Crippen LogP contribution in [0.1, 0.15) is 53.7 Å². The molecule has 0 unspecified atom stereocenters. The fraction of sp³-hybridized carbons (Fsp3) is 0.216. The molecule has 2 heterocycles. The Bertz CT molecular complexity index is 1900. The minimum atomic E-state index is -1.76. The van der Waals surface area contributed by atoms with Gasteiger partial charge < -0.3 is 19.1 Å². The summed E-state index contributed by atoms with van der Waals surface area (Å²) >= 11 is 0. The summed E-state index contributed by atoms with van der Waals surface area (Å²) in [5.41, 5.74) is 1.77. The molecule has 4 aromatic carbocycles. The molecule has 0 aromatic heterocycles. The first-order chi connectivity index (χ1) is 21.8. The Hall–Kier alpha value is -5.24. The number of hydrogen-bond acceptors (Lipinski definition) is 7. The Morgan fingerprint density at radius 3 is 2.11 bits per heavy atom. The van der Waals surface area contributed by atoms with Crippen LogP contribution in [0.25, 0.3) is 6.08 Å².